The highest BCUT2D eigenvalue weighted by atomic mass is 19.1. The molecule has 0 atom stereocenters. The van der Waals surface area contributed by atoms with Gasteiger partial charge in [-0.2, -0.15) is 0 Å². The highest BCUT2D eigenvalue weighted by molar-refractivity contribution is 6.15. The second-order valence-corrected chi connectivity index (χ2v) is 7.36. The van der Waals surface area contributed by atoms with Crippen molar-refractivity contribution in [2.75, 3.05) is 37.4 Å². The number of aliphatic imine (C=N–C) groups is 1. The molecule has 31 heavy (non-hydrogen) atoms. The normalized spacial score (nSPS) is 16.6. The summed E-state index contributed by atoms with van der Waals surface area (Å²) in [6.45, 7) is 0.254. The molecule has 0 radical (unpaired) electrons. The molecule has 1 fully saturated rings. The van der Waals surface area contributed by atoms with Gasteiger partial charge in [-0.3, -0.25) is 10.4 Å². The van der Waals surface area contributed by atoms with E-state index in [1.165, 1.54) is 31.9 Å². The molecule has 0 bridgehead atoms. The number of benzene rings is 1. The molecule has 8 nitrogen and oxygen atoms in total. The predicted octanol–water partition coefficient (Wildman–Crippen LogP) is 1.92. The molecule has 164 valence electrons. The third-order valence-electron chi connectivity index (χ3n) is 5.34. The molecule has 0 unspecified atom stereocenters. The van der Waals surface area contributed by atoms with Gasteiger partial charge in [0.1, 0.15) is 23.6 Å². The number of hydrogen-bond donors (Lipinski definition) is 4. The predicted molar refractivity (Wildman–Crippen MR) is 118 cm³/mol. The lowest BCUT2D eigenvalue weighted by atomic mass is 9.94. The number of anilines is 2. The molecule has 1 aliphatic rings. The molecule has 0 aliphatic carbocycles. The molecule has 6 N–H and O–H groups in total. The quantitative estimate of drug-likeness (QED) is 0.409. The highest BCUT2D eigenvalue weighted by Crippen LogP contribution is 2.29. The Balaban J connectivity index is 1.91. The molecule has 1 aromatic carbocycles. The van der Waals surface area contributed by atoms with Gasteiger partial charge < -0.3 is 21.5 Å². The van der Waals surface area contributed by atoms with E-state index >= 15 is 0 Å². The topological polar surface area (TPSA) is 138 Å². The Morgan fingerprint density at radius 2 is 2.00 bits per heavy atom. The maximum Gasteiger partial charge on any atom is 0.137 e. The number of allylic oxidation sites excluding steroid dienone is 1. The lowest BCUT2D eigenvalue weighted by molar-refractivity contribution is 0.0480. The van der Waals surface area contributed by atoms with Crippen molar-refractivity contribution in [2.45, 2.75) is 18.5 Å². The first-order valence-corrected chi connectivity index (χ1v) is 9.71. The Labute approximate surface area is 178 Å². The summed E-state index contributed by atoms with van der Waals surface area (Å²) in [6, 6.07) is 4.19. The third-order valence-corrected chi connectivity index (χ3v) is 5.34. The van der Waals surface area contributed by atoms with Crippen molar-refractivity contribution in [2.24, 2.45) is 10.7 Å². The number of rotatable bonds is 6. The minimum absolute atomic E-state index is 0.0144. The van der Waals surface area contributed by atoms with Crippen molar-refractivity contribution in [3.05, 3.63) is 53.4 Å². The van der Waals surface area contributed by atoms with E-state index < -0.39 is 18.1 Å². The van der Waals surface area contributed by atoms with Crippen molar-refractivity contribution < 1.29 is 13.9 Å². The summed E-state index contributed by atoms with van der Waals surface area (Å²) >= 11 is 0. The minimum atomic E-state index is -1.58. The third kappa shape index (κ3) is 4.69. The highest BCUT2D eigenvalue weighted by Gasteiger charge is 2.34. The van der Waals surface area contributed by atoms with E-state index in [9.17, 15) is 13.9 Å². The van der Waals surface area contributed by atoms with Crippen LogP contribution >= 0.6 is 0 Å². The SMILES string of the molecule is CN=CC(=CN)c1cc(C(=N)c2cc(N3CCC(F)(CO)CC3)ncn2)c(N)cc1F. The van der Waals surface area contributed by atoms with E-state index in [1.807, 2.05) is 4.90 Å². The largest absolute Gasteiger partial charge is 0.404 e. The summed E-state index contributed by atoms with van der Waals surface area (Å²) in [5.41, 5.74) is 11.2. The van der Waals surface area contributed by atoms with Crippen LogP contribution in [0, 0.1) is 11.2 Å². The molecule has 0 spiro atoms. The number of nitrogens with one attached hydrogen (secondary N) is 1. The lowest BCUT2D eigenvalue weighted by Gasteiger charge is -2.35. The van der Waals surface area contributed by atoms with Gasteiger partial charge in [0.2, 0.25) is 0 Å². The fourth-order valence-corrected chi connectivity index (χ4v) is 3.46. The van der Waals surface area contributed by atoms with Gasteiger partial charge in [-0.25, -0.2) is 18.7 Å². The van der Waals surface area contributed by atoms with E-state index in [0.29, 0.717) is 24.5 Å². The fourth-order valence-electron chi connectivity index (χ4n) is 3.46. The molecule has 10 heteroatoms. The number of hydrogen-bond acceptors (Lipinski definition) is 8. The number of aliphatic hydroxyl groups excluding tert-OH is 1. The maximum absolute atomic E-state index is 14.5. The van der Waals surface area contributed by atoms with E-state index in [-0.39, 0.29) is 41.1 Å². The first-order chi connectivity index (χ1) is 14.8. The summed E-state index contributed by atoms with van der Waals surface area (Å²) in [4.78, 5) is 14.1. The smallest absolute Gasteiger partial charge is 0.137 e. The molecule has 1 aromatic heterocycles. The van der Waals surface area contributed by atoms with Gasteiger partial charge in [0.05, 0.1) is 18.0 Å². The molecular formula is C21H25F2N7O. The van der Waals surface area contributed by atoms with Crippen molar-refractivity contribution >= 4 is 29.0 Å². The molecule has 2 heterocycles. The van der Waals surface area contributed by atoms with Crippen LogP contribution in [0.3, 0.4) is 0 Å². The van der Waals surface area contributed by atoms with E-state index in [1.54, 1.807) is 6.07 Å². The van der Waals surface area contributed by atoms with Crippen LogP contribution in [0.2, 0.25) is 0 Å². The summed E-state index contributed by atoms with van der Waals surface area (Å²) in [5.74, 6) is -0.0442. The minimum Gasteiger partial charge on any atom is -0.404 e. The number of nitrogen functional groups attached to an aromatic ring is 1. The Hall–Kier alpha value is -3.40. The first-order valence-electron chi connectivity index (χ1n) is 9.71. The Morgan fingerprint density at radius 1 is 1.29 bits per heavy atom. The monoisotopic (exact) mass is 429 g/mol. The van der Waals surface area contributed by atoms with Crippen LogP contribution in [-0.2, 0) is 0 Å². The second kappa shape index (κ2) is 9.17. The van der Waals surface area contributed by atoms with E-state index in [2.05, 4.69) is 15.0 Å². The summed E-state index contributed by atoms with van der Waals surface area (Å²) < 4.78 is 28.7. The average Bonchev–Trinajstić information content (AvgIpc) is 2.78. The number of halogens is 2. The molecular weight excluding hydrogens is 404 g/mol. The van der Waals surface area contributed by atoms with Crippen molar-refractivity contribution in [3.8, 4) is 0 Å². The van der Waals surface area contributed by atoms with Crippen LogP contribution in [-0.4, -0.2) is 59.4 Å². The molecule has 1 saturated heterocycles. The van der Waals surface area contributed by atoms with Gasteiger partial charge in [-0.05, 0) is 12.1 Å². The molecule has 1 aliphatic heterocycles. The number of piperidine rings is 1. The van der Waals surface area contributed by atoms with E-state index in [4.69, 9.17) is 16.9 Å². The zero-order chi connectivity index (χ0) is 22.6. The maximum atomic E-state index is 14.5. The summed E-state index contributed by atoms with van der Waals surface area (Å²) in [7, 11) is 1.54. The van der Waals surface area contributed by atoms with Crippen molar-refractivity contribution in [1.29, 1.82) is 5.41 Å². The van der Waals surface area contributed by atoms with E-state index in [0.717, 1.165) is 6.07 Å². The molecule has 2 aromatic rings. The van der Waals surface area contributed by atoms with Gasteiger partial charge in [0.25, 0.3) is 0 Å². The van der Waals surface area contributed by atoms with Crippen LogP contribution < -0.4 is 16.4 Å². The van der Waals surface area contributed by atoms with Gasteiger partial charge in [0.15, 0.2) is 0 Å². The standard InChI is InChI=1S/C21H25F2N7O/c1-27-10-13(9-24)14-6-15(17(25)7-16(14)22)20(26)18-8-19(29-12-28-18)30-4-2-21(23,11-31)3-5-30/h6-10,12,26,31H,2-5,11,24-25H2,1H3. The van der Waals surface area contributed by atoms with Gasteiger partial charge in [-0.1, -0.05) is 0 Å². The van der Waals surface area contributed by atoms with Crippen LogP contribution in [0.5, 0.6) is 0 Å². The zero-order valence-electron chi connectivity index (χ0n) is 17.1. The molecule has 0 amide bonds. The molecule has 3 rings (SSSR count). The van der Waals surface area contributed by atoms with Crippen molar-refractivity contribution in [3.63, 3.8) is 0 Å². The summed E-state index contributed by atoms with van der Waals surface area (Å²) in [5, 5.41) is 17.8. The first kappa shape index (κ1) is 22.3. The van der Waals surface area contributed by atoms with Crippen molar-refractivity contribution in [1.82, 2.24) is 9.97 Å². The number of nitrogens with two attached hydrogens (primary N) is 2. The number of nitrogens with zero attached hydrogens (tertiary/aromatic N) is 4. The van der Waals surface area contributed by atoms with Gasteiger partial charge >= 0.3 is 0 Å². The number of aromatic nitrogens is 2. The zero-order valence-corrected chi connectivity index (χ0v) is 17.1. The number of aliphatic hydroxyl groups is 1. The fraction of sp³-hybridized carbons (Fsp3) is 0.333. The summed E-state index contributed by atoms with van der Waals surface area (Å²) in [6.07, 6.45) is 4.32. The van der Waals surface area contributed by atoms with Crippen LogP contribution in [0.15, 0.2) is 35.7 Å². The molecule has 0 saturated carbocycles. The Kier molecular flexibility index (Phi) is 6.59. The van der Waals surface area contributed by atoms with Crippen LogP contribution in [0.4, 0.5) is 20.3 Å². The number of alkyl halides is 1. The van der Waals surface area contributed by atoms with Gasteiger partial charge in [-0.15, -0.1) is 0 Å². The second-order valence-electron chi connectivity index (χ2n) is 7.36. The Morgan fingerprint density at radius 3 is 2.61 bits per heavy atom. The lowest BCUT2D eigenvalue weighted by Crippen LogP contribution is -2.44. The van der Waals surface area contributed by atoms with Gasteiger partial charge in [0, 0.05) is 73.8 Å². The average molecular weight is 429 g/mol. The van der Waals surface area contributed by atoms with Crippen LogP contribution in [0.25, 0.3) is 5.57 Å². The van der Waals surface area contributed by atoms with Crippen LogP contribution in [0.1, 0.15) is 29.7 Å². The Bertz CT molecular complexity index is 1030.